The van der Waals surface area contributed by atoms with Crippen molar-refractivity contribution >= 4 is 11.0 Å². The van der Waals surface area contributed by atoms with Gasteiger partial charge < -0.3 is 9.73 Å². The molecule has 2 aromatic heterocycles. The number of para-hydroxylation sites is 1. The second-order valence-corrected chi connectivity index (χ2v) is 4.63. The fraction of sp³-hybridized carbons (Fsp3) is 0.267. The van der Waals surface area contributed by atoms with E-state index in [1.807, 2.05) is 35.1 Å². The zero-order chi connectivity index (χ0) is 13.1. The predicted octanol–water partition coefficient (Wildman–Crippen LogP) is 2.98. The van der Waals surface area contributed by atoms with Crippen molar-refractivity contribution in [3.8, 4) is 0 Å². The minimum atomic E-state index is 0.197. The molecule has 98 valence electrons. The number of benzene rings is 1. The number of hydrogen-bond acceptors (Lipinski definition) is 3. The number of furan rings is 1. The molecule has 0 aliphatic carbocycles. The van der Waals surface area contributed by atoms with Crippen molar-refractivity contribution in [3.05, 3.63) is 54.6 Å². The van der Waals surface area contributed by atoms with Crippen LogP contribution in [-0.4, -0.2) is 16.3 Å². The van der Waals surface area contributed by atoms with Gasteiger partial charge in [0.2, 0.25) is 0 Å². The lowest BCUT2D eigenvalue weighted by molar-refractivity contribution is 0.435. The predicted molar refractivity (Wildman–Crippen MR) is 74.9 cm³/mol. The Bertz CT molecular complexity index is 609. The SMILES string of the molecule is CC(NCCn1cccn1)c1cc2ccccc2o1. The Morgan fingerprint density at radius 1 is 1.32 bits per heavy atom. The Labute approximate surface area is 112 Å². The first kappa shape index (κ1) is 12.0. The van der Waals surface area contributed by atoms with Crippen molar-refractivity contribution in [2.45, 2.75) is 19.5 Å². The van der Waals surface area contributed by atoms with E-state index >= 15 is 0 Å². The number of nitrogens with zero attached hydrogens (tertiary/aromatic N) is 2. The Kier molecular flexibility index (Phi) is 3.33. The highest BCUT2D eigenvalue weighted by molar-refractivity contribution is 5.77. The fourth-order valence-corrected chi connectivity index (χ4v) is 2.14. The summed E-state index contributed by atoms with van der Waals surface area (Å²) in [5, 5.41) is 8.77. The first-order valence-corrected chi connectivity index (χ1v) is 6.52. The lowest BCUT2D eigenvalue weighted by atomic mass is 10.2. The highest BCUT2D eigenvalue weighted by Gasteiger charge is 2.10. The van der Waals surface area contributed by atoms with Crippen LogP contribution in [0.15, 0.2) is 53.2 Å². The van der Waals surface area contributed by atoms with Gasteiger partial charge in [-0.25, -0.2) is 0 Å². The number of hydrogen-bond donors (Lipinski definition) is 1. The summed E-state index contributed by atoms with van der Waals surface area (Å²) in [7, 11) is 0. The van der Waals surface area contributed by atoms with E-state index in [-0.39, 0.29) is 6.04 Å². The minimum absolute atomic E-state index is 0.197. The molecule has 4 heteroatoms. The van der Waals surface area contributed by atoms with E-state index < -0.39 is 0 Å². The standard InChI is InChI=1S/C15H17N3O/c1-12(16-8-10-18-9-4-7-17-18)15-11-13-5-2-3-6-14(13)19-15/h2-7,9,11-12,16H,8,10H2,1H3. The second-order valence-electron chi connectivity index (χ2n) is 4.63. The molecule has 3 rings (SSSR count). The Balaban J connectivity index is 1.61. The molecule has 0 saturated carbocycles. The van der Waals surface area contributed by atoms with Gasteiger partial charge in [-0.05, 0) is 25.1 Å². The molecule has 0 amide bonds. The molecule has 0 fully saturated rings. The van der Waals surface area contributed by atoms with Gasteiger partial charge in [0.25, 0.3) is 0 Å². The van der Waals surface area contributed by atoms with Crippen molar-refractivity contribution in [1.29, 1.82) is 0 Å². The Morgan fingerprint density at radius 3 is 3.00 bits per heavy atom. The van der Waals surface area contributed by atoms with Gasteiger partial charge in [-0.1, -0.05) is 18.2 Å². The van der Waals surface area contributed by atoms with Crippen LogP contribution >= 0.6 is 0 Å². The molecule has 0 bridgehead atoms. The Morgan fingerprint density at radius 2 is 2.21 bits per heavy atom. The van der Waals surface area contributed by atoms with Crippen molar-refractivity contribution in [2.75, 3.05) is 6.54 Å². The van der Waals surface area contributed by atoms with Crippen LogP contribution in [0.5, 0.6) is 0 Å². The van der Waals surface area contributed by atoms with Gasteiger partial charge in [0.1, 0.15) is 11.3 Å². The zero-order valence-electron chi connectivity index (χ0n) is 10.9. The van der Waals surface area contributed by atoms with Crippen molar-refractivity contribution in [2.24, 2.45) is 0 Å². The van der Waals surface area contributed by atoms with Gasteiger partial charge in [-0.3, -0.25) is 4.68 Å². The lowest BCUT2D eigenvalue weighted by Crippen LogP contribution is -2.23. The van der Waals surface area contributed by atoms with Crippen LogP contribution in [0.25, 0.3) is 11.0 Å². The van der Waals surface area contributed by atoms with Crippen LogP contribution in [0.3, 0.4) is 0 Å². The molecule has 3 aromatic rings. The van der Waals surface area contributed by atoms with Crippen LogP contribution in [-0.2, 0) is 6.54 Å². The van der Waals surface area contributed by atoms with E-state index in [1.54, 1.807) is 6.20 Å². The molecule has 1 N–H and O–H groups in total. The maximum absolute atomic E-state index is 5.83. The topological polar surface area (TPSA) is 43.0 Å². The van der Waals surface area contributed by atoms with E-state index in [0.29, 0.717) is 0 Å². The molecule has 0 saturated heterocycles. The molecule has 0 spiro atoms. The van der Waals surface area contributed by atoms with Crippen molar-refractivity contribution in [3.63, 3.8) is 0 Å². The van der Waals surface area contributed by atoms with Gasteiger partial charge >= 0.3 is 0 Å². The van der Waals surface area contributed by atoms with E-state index in [4.69, 9.17) is 4.42 Å². The second kappa shape index (κ2) is 5.28. The smallest absolute Gasteiger partial charge is 0.134 e. The monoisotopic (exact) mass is 255 g/mol. The van der Waals surface area contributed by atoms with Gasteiger partial charge in [0.15, 0.2) is 0 Å². The zero-order valence-corrected chi connectivity index (χ0v) is 10.9. The van der Waals surface area contributed by atoms with Gasteiger partial charge in [-0.15, -0.1) is 0 Å². The van der Waals surface area contributed by atoms with E-state index in [9.17, 15) is 0 Å². The summed E-state index contributed by atoms with van der Waals surface area (Å²) in [4.78, 5) is 0. The summed E-state index contributed by atoms with van der Waals surface area (Å²) in [5.74, 6) is 0.974. The molecular formula is C15H17N3O. The number of fused-ring (bicyclic) bond motifs is 1. The lowest BCUT2D eigenvalue weighted by Gasteiger charge is -2.10. The van der Waals surface area contributed by atoms with Gasteiger partial charge in [0.05, 0.1) is 12.6 Å². The number of nitrogens with one attached hydrogen (secondary N) is 1. The molecule has 4 nitrogen and oxygen atoms in total. The molecule has 1 aromatic carbocycles. The molecule has 0 aliphatic rings. The van der Waals surface area contributed by atoms with Crippen LogP contribution in [0.1, 0.15) is 18.7 Å². The van der Waals surface area contributed by atoms with Gasteiger partial charge in [0, 0.05) is 24.3 Å². The van der Waals surface area contributed by atoms with Crippen LogP contribution in [0.4, 0.5) is 0 Å². The highest BCUT2D eigenvalue weighted by Crippen LogP contribution is 2.23. The number of rotatable bonds is 5. The molecular weight excluding hydrogens is 238 g/mol. The molecule has 1 atom stereocenters. The first-order chi connectivity index (χ1) is 9.33. The third-order valence-corrected chi connectivity index (χ3v) is 3.22. The van der Waals surface area contributed by atoms with E-state index in [1.165, 1.54) is 0 Å². The summed E-state index contributed by atoms with van der Waals surface area (Å²) < 4.78 is 7.75. The Hall–Kier alpha value is -2.07. The largest absolute Gasteiger partial charge is 0.459 e. The van der Waals surface area contributed by atoms with Gasteiger partial charge in [-0.2, -0.15) is 5.10 Å². The molecule has 0 aliphatic heterocycles. The fourth-order valence-electron chi connectivity index (χ4n) is 2.14. The summed E-state index contributed by atoms with van der Waals surface area (Å²) >= 11 is 0. The summed E-state index contributed by atoms with van der Waals surface area (Å²) in [6, 6.07) is 12.3. The molecule has 1 unspecified atom stereocenters. The summed E-state index contributed by atoms with van der Waals surface area (Å²) in [6.07, 6.45) is 3.76. The normalized spacial score (nSPS) is 12.9. The third kappa shape index (κ3) is 2.69. The summed E-state index contributed by atoms with van der Waals surface area (Å²) in [6.45, 7) is 3.83. The molecule has 19 heavy (non-hydrogen) atoms. The minimum Gasteiger partial charge on any atom is -0.459 e. The maximum atomic E-state index is 5.83. The van der Waals surface area contributed by atoms with Crippen LogP contribution < -0.4 is 5.32 Å². The maximum Gasteiger partial charge on any atom is 0.134 e. The quantitative estimate of drug-likeness (QED) is 0.762. The number of aromatic nitrogens is 2. The highest BCUT2D eigenvalue weighted by atomic mass is 16.3. The van der Waals surface area contributed by atoms with Crippen molar-refractivity contribution < 1.29 is 4.42 Å². The van der Waals surface area contributed by atoms with Crippen molar-refractivity contribution in [1.82, 2.24) is 15.1 Å². The van der Waals surface area contributed by atoms with E-state index in [2.05, 4.69) is 29.5 Å². The molecule has 2 heterocycles. The summed E-state index contributed by atoms with van der Waals surface area (Å²) in [5.41, 5.74) is 0.943. The van der Waals surface area contributed by atoms with E-state index in [0.717, 1.165) is 29.8 Å². The third-order valence-electron chi connectivity index (χ3n) is 3.22. The molecule has 0 radical (unpaired) electrons. The average Bonchev–Trinajstić information content (AvgIpc) is 3.07. The average molecular weight is 255 g/mol. The van der Waals surface area contributed by atoms with Crippen LogP contribution in [0, 0.1) is 0 Å². The first-order valence-electron chi connectivity index (χ1n) is 6.52. The van der Waals surface area contributed by atoms with Crippen LogP contribution in [0.2, 0.25) is 0 Å².